The molecule has 150 valence electrons. The van der Waals surface area contributed by atoms with Crippen molar-refractivity contribution in [1.82, 2.24) is 4.90 Å². The number of aliphatic carboxylic acids is 1. The van der Waals surface area contributed by atoms with Crippen molar-refractivity contribution in [3.8, 4) is 0 Å². The molecule has 0 bridgehead atoms. The van der Waals surface area contributed by atoms with E-state index >= 15 is 0 Å². The molecule has 3 rings (SSSR count). The van der Waals surface area contributed by atoms with Gasteiger partial charge in [0, 0.05) is 31.1 Å². The van der Waals surface area contributed by atoms with E-state index in [1.54, 1.807) is 0 Å². The van der Waals surface area contributed by atoms with Crippen molar-refractivity contribution in [2.45, 2.75) is 31.5 Å². The van der Waals surface area contributed by atoms with Gasteiger partial charge in [-0.25, -0.2) is 0 Å². The van der Waals surface area contributed by atoms with E-state index in [2.05, 4.69) is 4.90 Å². The van der Waals surface area contributed by atoms with Crippen molar-refractivity contribution in [2.75, 3.05) is 13.1 Å². The second kappa shape index (κ2) is 8.53. The first-order valence-electron chi connectivity index (χ1n) is 9.06. The minimum absolute atomic E-state index is 0.0126. The second-order valence-electron chi connectivity index (χ2n) is 7.34. The standard InChI is InChI=1S/C21H21ClF3NO2/c22-19-7-3-16(4-8-19)17-9-15(10-20(27)28)12-26(13-17)11-14-1-5-18(6-2-14)21(23,24)25/h1-8,15,17H,9-13H2,(H,27,28)/t15-,17+/m0/s1. The Labute approximate surface area is 166 Å². The molecule has 0 radical (unpaired) electrons. The lowest BCUT2D eigenvalue weighted by atomic mass is 9.83. The number of alkyl halides is 3. The number of halogens is 4. The zero-order chi connectivity index (χ0) is 20.3. The molecular formula is C21H21ClF3NO2. The van der Waals surface area contributed by atoms with Crippen LogP contribution in [-0.4, -0.2) is 29.1 Å². The van der Waals surface area contributed by atoms with Gasteiger partial charge in [-0.2, -0.15) is 13.2 Å². The smallest absolute Gasteiger partial charge is 0.416 e. The molecule has 2 aromatic carbocycles. The number of rotatable bonds is 5. The Kier molecular flexibility index (Phi) is 6.30. The Morgan fingerprint density at radius 2 is 1.71 bits per heavy atom. The number of carboxylic acids is 1. The fourth-order valence-electron chi connectivity index (χ4n) is 3.86. The molecule has 2 aromatic rings. The Hall–Kier alpha value is -2.05. The van der Waals surface area contributed by atoms with Crippen molar-refractivity contribution in [3.05, 3.63) is 70.2 Å². The van der Waals surface area contributed by atoms with Crippen LogP contribution in [0.5, 0.6) is 0 Å². The average Bonchev–Trinajstić information content (AvgIpc) is 2.61. The summed E-state index contributed by atoms with van der Waals surface area (Å²) in [5.41, 5.74) is 1.20. The quantitative estimate of drug-likeness (QED) is 0.712. The predicted molar refractivity (Wildman–Crippen MR) is 101 cm³/mol. The molecule has 0 amide bonds. The van der Waals surface area contributed by atoms with Gasteiger partial charge in [0.1, 0.15) is 0 Å². The van der Waals surface area contributed by atoms with E-state index in [-0.39, 0.29) is 18.3 Å². The van der Waals surface area contributed by atoms with E-state index in [9.17, 15) is 23.1 Å². The molecule has 0 unspecified atom stereocenters. The van der Waals surface area contributed by atoms with Crippen LogP contribution >= 0.6 is 11.6 Å². The van der Waals surface area contributed by atoms with Gasteiger partial charge in [0.15, 0.2) is 0 Å². The minimum Gasteiger partial charge on any atom is -0.481 e. The Morgan fingerprint density at radius 3 is 2.29 bits per heavy atom. The first kappa shape index (κ1) is 20.7. The van der Waals surface area contributed by atoms with Crippen molar-refractivity contribution in [2.24, 2.45) is 5.92 Å². The van der Waals surface area contributed by atoms with E-state index in [1.807, 2.05) is 24.3 Å². The first-order chi connectivity index (χ1) is 13.2. The molecule has 28 heavy (non-hydrogen) atoms. The second-order valence-corrected chi connectivity index (χ2v) is 7.77. The van der Waals surface area contributed by atoms with Gasteiger partial charge in [0.2, 0.25) is 0 Å². The van der Waals surface area contributed by atoms with E-state index < -0.39 is 17.7 Å². The zero-order valence-electron chi connectivity index (χ0n) is 15.1. The molecule has 0 aromatic heterocycles. The number of benzene rings is 2. The number of carbonyl (C=O) groups is 1. The molecule has 7 heteroatoms. The maximum absolute atomic E-state index is 12.7. The Morgan fingerprint density at radius 1 is 1.07 bits per heavy atom. The highest BCUT2D eigenvalue weighted by Gasteiger charge is 2.31. The highest BCUT2D eigenvalue weighted by Crippen LogP contribution is 2.34. The number of hydrogen-bond acceptors (Lipinski definition) is 2. The molecule has 1 saturated heterocycles. The third kappa shape index (κ3) is 5.49. The van der Waals surface area contributed by atoms with Gasteiger partial charge in [-0.15, -0.1) is 0 Å². The van der Waals surface area contributed by atoms with E-state index in [1.165, 1.54) is 12.1 Å². The molecule has 0 aliphatic carbocycles. The van der Waals surface area contributed by atoms with Crippen molar-refractivity contribution in [1.29, 1.82) is 0 Å². The maximum atomic E-state index is 12.7. The lowest BCUT2D eigenvalue weighted by molar-refractivity contribution is -0.139. The van der Waals surface area contributed by atoms with Crippen molar-refractivity contribution >= 4 is 17.6 Å². The Bertz CT molecular complexity index is 806. The molecule has 1 aliphatic heterocycles. The van der Waals surface area contributed by atoms with Gasteiger partial charge in [0.25, 0.3) is 0 Å². The van der Waals surface area contributed by atoms with Crippen molar-refractivity contribution < 1.29 is 23.1 Å². The van der Waals surface area contributed by atoms with Crippen molar-refractivity contribution in [3.63, 3.8) is 0 Å². The van der Waals surface area contributed by atoms with Gasteiger partial charge in [0.05, 0.1) is 5.56 Å². The van der Waals surface area contributed by atoms with Gasteiger partial charge in [-0.05, 0) is 53.6 Å². The third-order valence-electron chi connectivity index (χ3n) is 5.10. The minimum atomic E-state index is -4.35. The van der Waals surface area contributed by atoms with E-state index in [0.717, 1.165) is 36.2 Å². The number of carboxylic acid groups (broad SMARTS) is 1. The number of nitrogens with zero attached hydrogens (tertiary/aromatic N) is 1. The summed E-state index contributed by atoms with van der Waals surface area (Å²) in [6, 6.07) is 12.7. The molecule has 1 N–H and O–H groups in total. The summed E-state index contributed by atoms with van der Waals surface area (Å²) in [6.45, 7) is 1.81. The van der Waals surface area contributed by atoms with Crippen LogP contribution in [0.25, 0.3) is 0 Å². The summed E-state index contributed by atoms with van der Waals surface area (Å²) in [5, 5.41) is 9.84. The lowest BCUT2D eigenvalue weighted by Crippen LogP contribution is -2.39. The van der Waals surface area contributed by atoms with E-state index in [0.29, 0.717) is 18.1 Å². The summed E-state index contributed by atoms with van der Waals surface area (Å²) in [5.74, 6) is -0.692. The molecule has 0 saturated carbocycles. The highest BCUT2D eigenvalue weighted by atomic mass is 35.5. The van der Waals surface area contributed by atoms with Crippen LogP contribution in [0.15, 0.2) is 48.5 Å². The largest absolute Gasteiger partial charge is 0.481 e. The molecule has 1 fully saturated rings. The number of hydrogen-bond donors (Lipinski definition) is 1. The predicted octanol–water partition coefficient (Wildman–Crippen LogP) is 5.44. The average molecular weight is 412 g/mol. The molecule has 2 atom stereocenters. The monoisotopic (exact) mass is 411 g/mol. The van der Waals surface area contributed by atoms with Crippen LogP contribution < -0.4 is 0 Å². The summed E-state index contributed by atoms with van der Waals surface area (Å²) in [7, 11) is 0. The van der Waals surface area contributed by atoms with E-state index in [4.69, 9.17) is 11.6 Å². The van der Waals surface area contributed by atoms with Crippen LogP contribution in [-0.2, 0) is 17.5 Å². The molecule has 1 aliphatic rings. The van der Waals surface area contributed by atoms with Crippen LogP contribution in [0.3, 0.4) is 0 Å². The summed E-state index contributed by atoms with van der Waals surface area (Å²) in [6.07, 6.45) is -3.51. The maximum Gasteiger partial charge on any atom is 0.416 e. The topological polar surface area (TPSA) is 40.5 Å². The molecule has 1 heterocycles. The van der Waals surface area contributed by atoms with Gasteiger partial charge >= 0.3 is 12.1 Å². The van der Waals surface area contributed by atoms with Crippen LogP contribution in [0, 0.1) is 5.92 Å². The van der Waals surface area contributed by atoms with Crippen LogP contribution in [0.2, 0.25) is 5.02 Å². The normalized spacial score (nSPS) is 20.9. The zero-order valence-corrected chi connectivity index (χ0v) is 15.9. The Balaban J connectivity index is 1.74. The van der Waals surface area contributed by atoms with Crippen LogP contribution in [0.4, 0.5) is 13.2 Å². The molecule has 3 nitrogen and oxygen atoms in total. The summed E-state index contributed by atoms with van der Waals surface area (Å²) in [4.78, 5) is 13.3. The fraction of sp³-hybridized carbons (Fsp3) is 0.381. The fourth-order valence-corrected chi connectivity index (χ4v) is 3.99. The number of piperidine rings is 1. The summed E-state index contributed by atoms with van der Waals surface area (Å²) < 4.78 is 38.2. The summed E-state index contributed by atoms with van der Waals surface area (Å²) >= 11 is 5.96. The van der Waals surface area contributed by atoms with Gasteiger partial charge in [-0.3, -0.25) is 9.69 Å². The lowest BCUT2D eigenvalue weighted by Gasteiger charge is -2.37. The van der Waals surface area contributed by atoms with Gasteiger partial charge in [-0.1, -0.05) is 35.9 Å². The van der Waals surface area contributed by atoms with Gasteiger partial charge < -0.3 is 5.11 Å². The SMILES string of the molecule is O=C(O)C[C@@H]1C[C@@H](c2ccc(Cl)cc2)CN(Cc2ccc(C(F)(F)F)cc2)C1. The molecule has 0 spiro atoms. The number of likely N-dealkylation sites (tertiary alicyclic amines) is 1. The third-order valence-corrected chi connectivity index (χ3v) is 5.36. The highest BCUT2D eigenvalue weighted by molar-refractivity contribution is 6.30. The first-order valence-corrected chi connectivity index (χ1v) is 9.44. The van der Waals surface area contributed by atoms with Crippen LogP contribution in [0.1, 0.15) is 35.4 Å². The molecular weight excluding hydrogens is 391 g/mol.